The minimum absolute atomic E-state index is 0.505. The van der Waals surface area contributed by atoms with Gasteiger partial charge in [0.2, 0.25) is 0 Å². The normalized spacial score (nSPS) is 11.1. The SMILES string of the molecule is CC(C)c1ncc(-c2cnn(C)c2)s1. The molecule has 0 fully saturated rings. The molecule has 0 atom stereocenters. The highest BCUT2D eigenvalue weighted by molar-refractivity contribution is 7.15. The Labute approximate surface area is 87.4 Å². The molecule has 2 aromatic rings. The lowest BCUT2D eigenvalue weighted by Gasteiger charge is -1.95. The van der Waals surface area contributed by atoms with Crippen molar-refractivity contribution in [3.8, 4) is 10.4 Å². The summed E-state index contributed by atoms with van der Waals surface area (Å²) in [6.45, 7) is 4.32. The largest absolute Gasteiger partial charge is 0.275 e. The summed E-state index contributed by atoms with van der Waals surface area (Å²) in [4.78, 5) is 5.58. The average molecular weight is 207 g/mol. The van der Waals surface area contributed by atoms with Crippen molar-refractivity contribution in [2.75, 3.05) is 0 Å². The van der Waals surface area contributed by atoms with E-state index in [9.17, 15) is 0 Å². The van der Waals surface area contributed by atoms with Crippen LogP contribution in [0.4, 0.5) is 0 Å². The van der Waals surface area contributed by atoms with Crippen LogP contribution in [0.25, 0.3) is 10.4 Å². The summed E-state index contributed by atoms with van der Waals surface area (Å²) in [7, 11) is 1.92. The lowest BCUT2D eigenvalue weighted by Crippen LogP contribution is -1.83. The molecule has 0 aliphatic heterocycles. The first kappa shape index (κ1) is 9.40. The van der Waals surface area contributed by atoms with Crippen molar-refractivity contribution in [1.29, 1.82) is 0 Å². The minimum Gasteiger partial charge on any atom is -0.275 e. The number of thiazole rings is 1. The standard InChI is InChI=1S/C10H13N3S/c1-7(2)10-11-5-9(14-10)8-4-12-13(3)6-8/h4-7H,1-3H3. The van der Waals surface area contributed by atoms with Crippen LogP contribution in [0.5, 0.6) is 0 Å². The molecule has 3 nitrogen and oxygen atoms in total. The van der Waals surface area contributed by atoms with Gasteiger partial charge in [0.25, 0.3) is 0 Å². The summed E-state index contributed by atoms with van der Waals surface area (Å²) in [6.07, 6.45) is 5.81. The van der Waals surface area contributed by atoms with Crippen LogP contribution < -0.4 is 0 Å². The van der Waals surface area contributed by atoms with Gasteiger partial charge in [0, 0.05) is 30.9 Å². The molecule has 0 aliphatic carbocycles. The molecule has 2 heterocycles. The third-order valence-electron chi connectivity index (χ3n) is 2.01. The Morgan fingerprint density at radius 1 is 1.36 bits per heavy atom. The van der Waals surface area contributed by atoms with E-state index < -0.39 is 0 Å². The summed E-state index contributed by atoms with van der Waals surface area (Å²) in [6, 6.07) is 0. The number of hydrogen-bond acceptors (Lipinski definition) is 3. The molecular formula is C10H13N3S. The monoisotopic (exact) mass is 207 g/mol. The van der Waals surface area contributed by atoms with E-state index in [1.807, 2.05) is 30.3 Å². The molecule has 0 saturated carbocycles. The van der Waals surface area contributed by atoms with Crippen molar-refractivity contribution in [2.45, 2.75) is 19.8 Å². The fraction of sp³-hybridized carbons (Fsp3) is 0.400. The lowest BCUT2D eigenvalue weighted by atomic mass is 10.2. The molecular weight excluding hydrogens is 194 g/mol. The summed E-state index contributed by atoms with van der Waals surface area (Å²) >= 11 is 1.74. The van der Waals surface area contributed by atoms with Gasteiger partial charge in [-0.1, -0.05) is 13.8 Å². The fourth-order valence-corrected chi connectivity index (χ4v) is 2.13. The van der Waals surface area contributed by atoms with Crippen LogP contribution >= 0.6 is 11.3 Å². The Morgan fingerprint density at radius 3 is 2.64 bits per heavy atom. The zero-order chi connectivity index (χ0) is 10.1. The van der Waals surface area contributed by atoms with Crippen molar-refractivity contribution >= 4 is 11.3 Å². The van der Waals surface area contributed by atoms with Gasteiger partial charge in [-0.15, -0.1) is 11.3 Å². The third-order valence-corrected chi connectivity index (χ3v) is 3.35. The van der Waals surface area contributed by atoms with Gasteiger partial charge in [-0.25, -0.2) is 4.98 Å². The molecule has 0 spiro atoms. The van der Waals surface area contributed by atoms with E-state index in [0.29, 0.717) is 5.92 Å². The first-order chi connectivity index (χ1) is 6.66. The van der Waals surface area contributed by atoms with Crippen LogP contribution in [0.15, 0.2) is 18.6 Å². The third kappa shape index (κ3) is 1.70. The van der Waals surface area contributed by atoms with E-state index in [-0.39, 0.29) is 0 Å². The van der Waals surface area contributed by atoms with E-state index in [4.69, 9.17) is 0 Å². The second-order valence-corrected chi connectivity index (χ2v) is 4.68. The fourth-order valence-electron chi connectivity index (χ4n) is 1.24. The maximum absolute atomic E-state index is 4.38. The van der Waals surface area contributed by atoms with Gasteiger partial charge in [0.15, 0.2) is 0 Å². The van der Waals surface area contributed by atoms with Gasteiger partial charge >= 0.3 is 0 Å². The molecule has 0 amide bonds. The number of rotatable bonds is 2. The van der Waals surface area contributed by atoms with Gasteiger partial charge < -0.3 is 0 Å². The molecule has 14 heavy (non-hydrogen) atoms. The second-order valence-electron chi connectivity index (χ2n) is 3.62. The van der Waals surface area contributed by atoms with Crippen molar-refractivity contribution in [3.63, 3.8) is 0 Å². The molecule has 0 aromatic carbocycles. The molecule has 0 aliphatic rings. The zero-order valence-electron chi connectivity index (χ0n) is 8.56. The van der Waals surface area contributed by atoms with E-state index >= 15 is 0 Å². The molecule has 74 valence electrons. The van der Waals surface area contributed by atoms with Crippen LogP contribution in [0, 0.1) is 0 Å². The van der Waals surface area contributed by atoms with Crippen LogP contribution in [-0.4, -0.2) is 14.8 Å². The summed E-state index contributed by atoms with van der Waals surface area (Å²) in [5, 5.41) is 5.33. The Hall–Kier alpha value is -1.16. The van der Waals surface area contributed by atoms with Crippen LogP contribution in [0.1, 0.15) is 24.8 Å². The highest BCUT2D eigenvalue weighted by Gasteiger charge is 2.08. The van der Waals surface area contributed by atoms with Crippen LogP contribution in [-0.2, 0) is 7.05 Å². The van der Waals surface area contributed by atoms with Gasteiger partial charge in [0.1, 0.15) is 0 Å². The number of aryl methyl sites for hydroxylation is 1. The Kier molecular flexibility index (Phi) is 2.37. The molecule has 2 aromatic heterocycles. The van der Waals surface area contributed by atoms with Gasteiger partial charge in [-0.3, -0.25) is 4.68 Å². The maximum Gasteiger partial charge on any atom is 0.0956 e. The molecule has 0 N–H and O–H groups in total. The predicted molar refractivity (Wildman–Crippen MR) is 58.4 cm³/mol. The van der Waals surface area contributed by atoms with Crippen molar-refractivity contribution < 1.29 is 0 Å². The first-order valence-electron chi connectivity index (χ1n) is 4.61. The Balaban J connectivity index is 2.33. The molecule has 2 rings (SSSR count). The number of aromatic nitrogens is 3. The predicted octanol–water partition coefficient (Wildman–Crippen LogP) is 2.67. The number of hydrogen-bond donors (Lipinski definition) is 0. The molecule has 0 unspecified atom stereocenters. The molecule has 0 bridgehead atoms. The minimum atomic E-state index is 0.505. The quantitative estimate of drug-likeness (QED) is 0.758. The number of nitrogens with zero attached hydrogens (tertiary/aromatic N) is 3. The maximum atomic E-state index is 4.38. The summed E-state index contributed by atoms with van der Waals surface area (Å²) < 4.78 is 1.81. The van der Waals surface area contributed by atoms with Crippen molar-refractivity contribution in [1.82, 2.24) is 14.8 Å². The smallest absolute Gasteiger partial charge is 0.0956 e. The summed E-state index contributed by atoms with van der Waals surface area (Å²) in [5.41, 5.74) is 1.15. The topological polar surface area (TPSA) is 30.7 Å². The van der Waals surface area contributed by atoms with Crippen LogP contribution in [0.3, 0.4) is 0 Å². The molecule has 0 radical (unpaired) electrons. The zero-order valence-corrected chi connectivity index (χ0v) is 9.38. The van der Waals surface area contributed by atoms with Crippen molar-refractivity contribution in [2.24, 2.45) is 7.05 Å². The Morgan fingerprint density at radius 2 is 2.14 bits per heavy atom. The molecule has 0 saturated heterocycles. The highest BCUT2D eigenvalue weighted by Crippen LogP contribution is 2.28. The van der Waals surface area contributed by atoms with E-state index in [1.165, 1.54) is 9.88 Å². The van der Waals surface area contributed by atoms with Gasteiger partial charge in [-0.2, -0.15) is 5.10 Å². The van der Waals surface area contributed by atoms with Crippen LogP contribution in [0.2, 0.25) is 0 Å². The highest BCUT2D eigenvalue weighted by atomic mass is 32.1. The van der Waals surface area contributed by atoms with Crippen molar-refractivity contribution in [3.05, 3.63) is 23.6 Å². The van der Waals surface area contributed by atoms with E-state index in [2.05, 4.69) is 23.9 Å². The van der Waals surface area contributed by atoms with Gasteiger partial charge in [-0.05, 0) is 0 Å². The Bertz CT molecular complexity index is 428. The first-order valence-corrected chi connectivity index (χ1v) is 5.43. The molecule has 4 heteroatoms. The average Bonchev–Trinajstić information content (AvgIpc) is 2.70. The van der Waals surface area contributed by atoms with Gasteiger partial charge in [0.05, 0.1) is 16.1 Å². The van der Waals surface area contributed by atoms with E-state index in [1.54, 1.807) is 11.3 Å². The summed E-state index contributed by atoms with van der Waals surface area (Å²) in [5.74, 6) is 0.505. The second kappa shape index (κ2) is 3.53. The van der Waals surface area contributed by atoms with E-state index in [0.717, 1.165) is 5.56 Å². The lowest BCUT2D eigenvalue weighted by molar-refractivity contribution is 0.768.